The molecular weight excluding hydrogens is 530 g/mol. The average Bonchev–Trinajstić information content (AvgIpc) is 2.92. The van der Waals surface area contributed by atoms with Crippen molar-refractivity contribution in [1.29, 1.82) is 0 Å². The summed E-state index contributed by atoms with van der Waals surface area (Å²) in [5.41, 5.74) is 1.54. The Bertz CT molecular complexity index is 1420. The predicted octanol–water partition coefficient (Wildman–Crippen LogP) is 3.12. The first-order chi connectivity index (χ1) is 18.2. The van der Waals surface area contributed by atoms with E-state index in [-0.39, 0.29) is 28.1 Å². The van der Waals surface area contributed by atoms with Crippen molar-refractivity contribution in [3.8, 4) is 11.5 Å². The van der Waals surface area contributed by atoms with Crippen LogP contribution in [0.3, 0.4) is 0 Å². The molecule has 9 nitrogen and oxygen atoms in total. The van der Waals surface area contributed by atoms with Gasteiger partial charge in [-0.2, -0.15) is 4.31 Å². The number of benzene rings is 3. The highest BCUT2D eigenvalue weighted by molar-refractivity contribution is 7.89. The van der Waals surface area contributed by atoms with Crippen molar-refractivity contribution < 1.29 is 27.5 Å². The molecule has 0 aliphatic carbocycles. The molecule has 1 heterocycles. The molecular formula is C27H28ClN3O6S. The minimum atomic E-state index is -4.12. The van der Waals surface area contributed by atoms with E-state index in [1.54, 1.807) is 24.3 Å². The number of hydrogen-bond donors (Lipinski definition) is 1. The first-order valence-electron chi connectivity index (χ1n) is 11.9. The Kier molecular flexibility index (Phi) is 8.55. The molecule has 4 rings (SSSR count). The number of nitrogens with one attached hydrogen (secondary N) is 1. The van der Waals surface area contributed by atoms with Crippen LogP contribution in [0.5, 0.6) is 11.5 Å². The molecule has 0 unspecified atom stereocenters. The summed E-state index contributed by atoms with van der Waals surface area (Å²) < 4.78 is 38.5. The van der Waals surface area contributed by atoms with Crippen LogP contribution in [0.4, 0.5) is 5.69 Å². The van der Waals surface area contributed by atoms with E-state index in [0.29, 0.717) is 24.4 Å². The van der Waals surface area contributed by atoms with E-state index in [1.807, 2.05) is 30.3 Å². The van der Waals surface area contributed by atoms with Gasteiger partial charge in [-0.05, 0) is 42.3 Å². The number of fused-ring (bicyclic) bond motifs is 1. The summed E-state index contributed by atoms with van der Waals surface area (Å²) in [6.45, 7) is -0.142. The van der Waals surface area contributed by atoms with Crippen LogP contribution in [0.2, 0.25) is 5.02 Å². The Hall–Kier alpha value is -3.60. The van der Waals surface area contributed by atoms with Gasteiger partial charge in [-0.15, -0.1) is 0 Å². The summed E-state index contributed by atoms with van der Waals surface area (Å²) in [5.74, 6) is -0.414. The molecule has 11 heteroatoms. The van der Waals surface area contributed by atoms with Crippen molar-refractivity contribution >= 4 is 39.1 Å². The molecule has 3 aromatic carbocycles. The zero-order chi connectivity index (χ0) is 27.3. The van der Waals surface area contributed by atoms with Gasteiger partial charge in [-0.25, -0.2) is 8.42 Å². The fourth-order valence-electron chi connectivity index (χ4n) is 4.08. The SMILES string of the molecule is COc1ccc(Cl)cc1S(=O)(=O)N(C)CC(=O)N1C[C@@H](C(=O)NCCc2ccccc2)Oc2ccccc21. The second kappa shape index (κ2) is 11.8. The Morgan fingerprint density at radius 2 is 1.82 bits per heavy atom. The van der Waals surface area contributed by atoms with Crippen LogP contribution in [0, 0.1) is 0 Å². The van der Waals surface area contributed by atoms with Gasteiger partial charge in [0.25, 0.3) is 5.91 Å². The van der Waals surface area contributed by atoms with Crippen LogP contribution >= 0.6 is 11.6 Å². The highest BCUT2D eigenvalue weighted by atomic mass is 35.5. The largest absolute Gasteiger partial charge is 0.495 e. The standard InChI is InChI=1S/C27H28ClN3O6S/c1-30(38(34,35)25-16-20(28)12-13-23(25)36-2)18-26(32)31-17-24(37-22-11-7-6-10-21(22)31)27(33)29-15-14-19-8-4-3-5-9-19/h3-13,16,24H,14-15,17-18H2,1-2H3,(H,29,33)/t24-/m0/s1. The van der Waals surface area contributed by atoms with Gasteiger partial charge in [-0.3, -0.25) is 9.59 Å². The summed E-state index contributed by atoms with van der Waals surface area (Å²) in [7, 11) is -1.47. The van der Waals surface area contributed by atoms with Crippen LogP contribution in [0.1, 0.15) is 5.56 Å². The first-order valence-corrected chi connectivity index (χ1v) is 13.7. The summed E-state index contributed by atoms with van der Waals surface area (Å²) in [6, 6.07) is 20.8. The lowest BCUT2D eigenvalue weighted by Gasteiger charge is -2.35. The fourth-order valence-corrected chi connectivity index (χ4v) is 5.61. The van der Waals surface area contributed by atoms with Gasteiger partial charge in [0.05, 0.1) is 25.9 Å². The van der Waals surface area contributed by atoms with Gasteiger partial charge in [0.15, 0.2) is 6.10 Å². The average molecular weight is 558 g/mol. The van der Waals surface area contributed by atoms with E-state index in [1.165, 1.54) is 37.3 Å². The zero-order valence-corrected chi connectivity index (χ0v) is 22.5. The molecule has 1 atom stereocenters. The molecule has 1 aliphatic rings. The molecule has 0 spiro atoms. The zero-order valence-electron chi connectivity index (χ0n) is 21.0. The molecule has 2 amide bonds. The van der Waals surface area contributed by atoms with Gasteiger partial charge in [0.1, 0.15) is 16.4 Å². The quantitative estimate of drug-likeness (QED) is 0.433. The minimum Gasteiger partial charge on any atom is -0.495 e. The lowest BCUT2D eigenvalue weighted by molar-refractivity contribution is -0.128. The van der Waals surface area contributed by atoms with Crippen molar-refractivity contribution in [3.05, 3.63) is 83.4 Å². The number of rotatable bonds is 9. The third-order valence-electron chi connectivity index (χ3n) is 6.09. The van der Waals surface area contributed by atoms with Crippen molar-refractivity contribution in [2.45, 2.75) is 17.4 Å². The molecule has 38 heavy (non-hydrogen) atoms. The molecule has 200 valence electrons. The topological polar surface area (TPSA) is 105 Å². The third-order valence-corrected chi connectivity index (χ3v) is 8.15. The van der Waals surface area contributed by atoms with Crippen molar-refractivity contribution in [3.63, 3.8) is 0 Å². The first kappa shape index (κ1) is 27.4. The van der Waals surface area contributed by atoms with Crippen LogP contribution < -0.4 is 19.7 Å². The lowest BCUT2D eigenvalue weighted by Crippen LogP contribution is -2.52. The number of anilines is 1. The van der Waals surface area contributed by atoms with E-state index in [2.05, 4.69) is 5.32 Å². The van der Waals surface area contributed by atoms with Crippen LogP contribution in [-0.4, -0.2) is 64.4 Å². The number of halogens is 1. The molecule has 1 aliphatic heterocycles. The lowest BCUT2D eigenvalue weighted by atomic mass is 10.1. The van der Waals surface area contributed by atoms with Crippen molar-refractivity contribution in [1.82, 2.24) is 9.62 Å². The van der Waals surface area contributed by atoms with Gasteiger partial charge < -0.3 is 19.7 Å². The molecule has 0 aromatic heterocycles. The summed E-state index contributed by atoms with van der Waals surface area (Å²) >= 11 is 6.02. The van der Waals surface area contributed by atoms with Gasteiger partial charge in [0.2, 0.25) is 15.9 Å². The molecule has 0 bridgehead atoms. The van der Waals surface area contributed by atoms with E-state index in [9.17, 15) is 18.0 Å². The number of carbonyl (C=O) groups excluding carboxylic acids is 2. The Morgan fingerprint density at radius 3 is 2.55 bits per heavy atom. The smallest absolute Gasteiger partial charge is 0.262 e. The number of amides is 2. The molecule has 1 N–H and O–H groups in total. The summed E-state index contributed by atoms with van der Waals surface area (Å²) in [4.78, 5) is 27.6. The van der Waals surface area contributed by atoms with E-state index >= 15 is 0 Å². The Labute approximate surface area is 227 Å². The number of carbonyl (C=O) groups is 2. The second-order valence-corrected chi connectivity index (χ2v) is 11.1. The van der Waals surface area contributed by atoms with Crippen molar-refractivity contribution in [2.75, 3.05) is 38.7 Å². The van der Waals surface area contributed by atoms with Gasteiger partial charge >= 0.3 is 0 Å². The van der Waals surface area contributed by atoms with E-state index in [4.69, 9.17) is 21.1 Å². The summed E-state index contributed by atoms with van der Waals surface area (Å²) in [5, 5.41) is 3.08. The molecule has 0 fully saturated rings. The molecule has 0 radical (unpaired) electrons. The maximum Gasteiger partial charge on any atom is 0.262 e. The Morgan fingerprint density at radius 1 is 1.11 bits per heavy atom. The number of hydrogen-bond acceptors (Lipinski definition) is 6. The summed E-state index contributed by atoms with van der Waals surface area (Å²) in [6.07, 6.45) is -0.312. The Balaban J connectivity index is 1.48. The fraction of sp³-hybridized carbons (Fsp3) is 0.259. The molecule has 0 saturated heterocycles. The number of methoxy groups -OCH3 is 1. The van der Waals surface area contributed by atoms with Crippen LogP contribution in [-0.2, 0) is 26.0 Å². The second-order valence-electron chi connectivity index (χ2n) is 8.66. The maximum atomic E-state index is 13.4. The minimum absolute atomic E-state index is 0.0681. The molecule has 3 aromatic rings. The number of para-hydroxylation sites is 2. The van der Waals surface area contributed by atoms with Crippen LogP contribution in [0.15, 0.2) is 77.7 Å². The predicted molar refractivity (Wildman–Crippen MR) is 144 cm³/mol. The van der Waals surface area contributed by atoms with Crippen LogP contribution in [0.25, 0.3) is 0 Å². The van der Waals surface area contributed by atoms with E-state index in [0.717, 1.165) is 9.87 Å². The monoisotopic (exact) mass is 557 g/mol. The highest BCUT2D eigenvalue weighted by Crippen LogP contribution is 2.34. The highest BCUT2D eigenvalue weighted by Gasteiger charge is 2.35. The van der Waals surface area contributed by atoms with Gasteiger partial charge in [-0.1, -0.05) is 54.1 Å². The number of likely N-dealkylation sites (N-methyl/N-ethyl adjacent to an activating group) is 1. The van der Waals surface area contributed by atoms with Crippen molar-refractivity contribution in [2.24, 2.45) is 0 Å². The number of sulfonamides is 1. The normalized spacial score (nSPS) is 14.9. The third kappa shape index (κ3) is 6.09. The number of nitrogens with zero attached hydrogens (tertiary/aromatic N) is 2. The van der Waals surface area contributed by atoms with Gasteiger partial charge in [0, 0.05) is 18.6 Å². The maximum absolute atomic E-state index is 13.4. The molecule has 0 saturated carbocycles. The number of ether oxygens (including phenoxy) is 2. The van der Waals surface area contributed by atoms with E-state index < -0.39 is 28.6 Å².